The Morgan fingerprint density at radius 2 is 1.90 bits per heavy atom. The Morgan fingerprint density at radius 1 is 1.24 bits per heavy atom. The van der Waals surface area contributed by atoms with Gasteiger partial charge in [-0.25, -0.2) is 4.79 Å². The molecule has 2 rings (SSSR count). The van der Waals surface area contributed by atoms with Crippen LogP contribution in [-0.2, 0) is 9.53 Å². The number of benzene rings is 1. The molecule has 0 saturated heterocycles. The summed E-state index contributed by atoms with van der Waals surface area (Å²) in [4.78, 5) is 26.4. The number of ether oxygens (including phenoxy) is 1. The number of rotatable bonds is 4. The van der Waals surface area contributed by atoms with Crippen LogP contribution < -0.4 is 5.32 Å². The molecule has 5 nitrogen and oxygen atoms in total. The molecule has 2 N–H and O–H groups in total. The summed E-state index contributed by atoms with van der Waals surface area (Å²) in [5.41, 5.74) is 0.709. The highest BCUT2D eigenvalue weighted by Crippen LogP contribution is 2.22. The van der Waals surface area contributed by atoms with E-state index in [4.69, 9.17) is 27.9 Å². The normalized spacial score (nSPS) is 11.8. The van der Waals surface area contributed by atoms with Gasteiger partial charge in [0.05, 0.1) is 0 Å². The molecule has 0 spiro atoms. The molecule has 1 amide bonds. The first-order valence-electron chi connectivity index (χ1n) is 6.07. The zero-order valence-corrected chi connectivity index (χ0v) is 12.5. The predicted molar refractivity (Wildman–Crippen MR) is 80.8 cm³/mol. The smallest absolute Gasteiger partial charge is 0.355 e. The highest BCUT2D eigenvalue weighted by molar-refractivity contribution is 6.35. The van der Waals surface area contributed by atoms with Gasteiger partial charge in [0.25, 0.3) is 5.91 Å². The first-order valence-corrected chi connectivity index (χ1v) is 6.82. The Morgan fingerprint density at radius 3 is 2.48 bits per heavy atom. The predicted octanol–water partition coefficient (Wildman–Crippen LogP) is 3.51. The number of aromatic amines is 1. The van der Waals surface area contributed by atoms with Gasteiger partial charge in [0.15, 0.2) is 6.10 Å². The van der Waals surface area contributed by atoms with E-state index < -0.39 is 18.0 Å². The van der Waals surface area contributed by atoms with E-state index in [1.807, 2.05) is 0 Å². The number of carbonyl (C=O) groups is 2. The van der Waals surface area contributed by atoms with Gasteiger partial charge in [0.1, 0.15) is 5.69 Å². The van der Waals surface area contributed by atoms with Crippen LogP contribution >= 0.6 is 23.2 Å². The lowest BCUT2D eigenvalue weighted by Crippen LogP contribution is -2.30. The van der Waals surface area contributed by atoms with E-state index in [1.54, 1.807) is 36.5 Å². The third-order valence-electron chi connectivity index (χ3n) is 2.60. The van der Waals surface area contributed by atoms with Gasteiger partial charge in [-0.2, -0.15) is 0 Å². The van der Waals surface area contributed by atoms with Crippen LogP contribution in [0, 0.1) is 0 Å². The van der Waals surface area contributed by atoms with Gasteiger partial charge >= 0.3 is 5.97 Å². The molecule has 2 aromatic rings. The maximum absolute atomic E-state index is 12.0. The minimum atomic E-state index is -0.960. The standard InChI is InChI=1S/C14H12Cl2N2O3/c1-8(21-14(20)12-3-2-4-17-12)13(19)18-11-6-9(15)5-10(16)7-11/h2-8,17H,1H3,(H,18,19)/t8-/m0/s1. The highest BCUT2D eigenvalue weighted by Gasteiger charge is 2.19. The molecule has 0 aliphatic rings. The summed E-state index contributed by atoms with van der Waals surface area (Å²) in [5.74, 6) is -1.08. The highest BCUT2D eigenvalue weighted by atomic mass is 35.5. The second kappa shape index (κ2) is 6.65. The molecule has 0 saturated carbocycles. The lowest BCUT2D eigenvalue weighted by atomic mass is 10.3. The number of esters is 1. The summed E-state index contributed by atoms with van der Waals surface area (Å²) in [5, 5.41) is 3.37. The molecule has 7 heteroatoms. The van der Waals surface area contributed by atoms with Gasteiger partial charge in [-0.3, -0.25) is 4.79 Å². The van der Waals surface area contributed by atoms with Crippen molar-refractivity contribution in [2.75, 3.05) is 5.32 Å². The van der Waals surface area contributed by atoms with Crippen LogP contribution in [0.4, 0.5) is 5.69 Å². The third-order valence-corrected chi connectivity index (χ3v) is 3.04. The van der Waals surface area contributed by atoms with Crippen LogP contribution in [0.1, 0.15) is 17.4 Å². The number of amides is 1. The van der Waals surface area contributed by atoms with Crippen LogP contribution in [0.5, 0.6) is 0 Å². The number of hydrogen-bond acceptors (Lipinski definition) is 3. The molecule has 0 bridgehead atoms. The second-order valence-electron chi connectivity index (χ2n) is 4.28. The fourth-order valence-corrected chi connectivity index (χ4v) is 2.13. The molecule has 1 aromatic carbocycles. The van der Waals surface area contributed by atoms with Crippen molar-refractivity contribution >= 4 is 40.8 Å². The van der Waals surface area contributed by atoms with Crippen molar-refractivity contribution in [1.82, 2.24) is 4.98 Å². The molecule has 21 heavy (non-hydrogen) atoms. The van der Waals surface area contributed by atoms with E-state index >= 15 is 0 Å². The molecule has 0 unspecified atom stereocenters. The van der Waals surface area contributed by atoms with Crippen LogP contribution in [0.15, 0.2) is 36.5 Å². The van der Waals surface area contributed by atoms with E-state index in [1.165, 1.54) is 6.92 Å². The average molecular weight is 327 g/mol. The van der Waals surface area contributed by atoms with Crippen molar-refractivity contribution in [3.8, 4) is 0 Å². The third kappa shape index (κ3) is 4.24. The zero-order valence-electron chi connectivity index (χ0n) is 11.0. The number of carbonyl (C=O) groups excluding carboxylic acids is 2. The second-order valence-corrected chi connectivity index (χ2v) is 5.15. The van der Waals surface area contributed by atoms with Crippen LogP contribution in [-0.4, -0.2) is 23.0 Å². The van der Waals surface area contributed by atoms with Crippen LogP contribution in [0.25, 0.3) is 0 Å². The lowest BCUT2D eigenvalue weighted by molar-refractivity contribution is -0.123. The molecule has 0 aliphatic heterocycles. The summed E-state index contributed by atoms with van der Waals surface area (Å²) >= 11 is 11.7. The van der Waals surface area contributed by atoms with E-state index in [9.17, 15) is 9.59 Å². The average Bonchev–Trinajstić information content (AvgIpc) is 2.91. The summed E-state index contributed by atoms with van der Waals surface area (Å²) in [6.45, 7) is 1.47. The van der Waals surface area contributed by atoms with Crippen molar-refractivity contribution in [1.29, 1.82) is 0 Å². The van der Waals surface area contributed by atoms with Crippen LogP contribution in [0.3, 0.4) is 0 Å². The van der Waals surface area contributed by atoms with Gasteiger partial charge in [-0.1, -0.05) is 23.2 Å². The molecule has 1 atom stereocenters. The molecular weight excluding hydrogens is 315 g/mol. The number of nitrogens with one attached hydrogen (secondary N) is 2. The Bertz CT molecular complexity index is 636. The van der Waals surface area contributed by atoms with E-state index in [0.717, 1.165) is 0 Å². The first kappa shape index (κ1) is 15.4. The lowest BCUT2D eigenvalue weighted by Gasteiger charge is -2.13. The molecule has 0 radical (unpaired) electrons. The van der Waals surface area contributed by atoms with Gasteiger partial charge < -0.3 is 15.0 Å². The Kier molecular flexibility index (Phi) is 4.88. The van der Waals surface area contributed by atoms with E-state index in [2.05, 4.69) is 10.3 Å². The number of H-pyrrole nitrogens is 1. The van der Waals surface area contributed by atoms with Crippen molar-refractivity contribution in [3.05, 3.63) is 52.3 Å². The summed E-state index contributed by atoms with van der Waals surface area (Å²) in [7, 11) is 0. The monoisotopic (exact) mass is 326 g/mol. The van der Waals surface area contributed by atoms with Crippen molar-refractivity contribution in [2.24, 2.45) is 0 Å². The van der Waals surface area contributed by atoms with E-state index in [-0.39, 0.29) is 5.69 Å². The molecule has 1 heterocycles. The minimum absolute atomic E-state index is 0.278. The summed E-state index contributed by atoms with van der Waals surface area (Å²) < 4.78 is 5.04. The van der Waals surface area contributed by atoms with Gasteiger partial charge in [-0.15, -0.1) is 0 Å². The number of hydrogen-bond donors (Lipinski definition) is 2. The Labute approximate surface area is 131 Å². The maximum Gasteiger partial charge on any atom is 0.355 e. The number of anilines is 1. The van der Waals surface area contributed by atoms with Crippen molar-refractivity contribution in [3.63, 3.8) is 0 Å². The topological polar surface area (TPSA) is 71.2 Å². The number of aromatic nitrogens is 1. The minimum Gasteiger partial charge on any atom is -0.448 e. The fraction of sp³-hybridized carbons (Fsp3) is 0.143. The van der Waals surface area contributed by atoms with Gasteiger partial charge in [0.2, 0.25) is 0 Å². The van der Waals surface area contributed by atoms with Gasteiger partial charge in [0, 0.05) is 21.9 Å². The summed E-state index contributed by atoms with van der Waals surface area (Å²) in [6, 6.07) is 7.86. The largest absolute Gasteiger partial charge is 0.448 e. The molecule has 110 valence electrons. The maximum atomic E-state index is 12.0. The molecule has 0 aliphatic carbocycles. The van der Waals surface area contributed by atoms with Gasteiger partial charge in [-0.05, 0) is 37.3 Å². The number of halogens is 2. The molecule has 1 aromatic heterocycles. The fourth-order valence-electron chi connectivity index (χ4n) is 1.60. The first-order chi connectivity index (χ1) is 9.95. The zero-order chi connectivity index (χ0) is 15.4. The quantitative estimate of drug-likeness (QED) is 0.844. The van der Waals surface area contributed by atoms with Crippen LogP contribution in [0.2, 0.25) is 10.0 Å². The molecular formula is C14H12Cl2N2O3. The van der Waals surface area contributed by atoms with Crippen molar-refractivity contribution < 1.29 is 14.3 Å². The summed E-state index contributed by atoms with van der Waals surface area (Å²) in [6.07, 6.45) is 0.633. The Hall–Kier alpha value is -1.98. The Balaban J connectivity index is 1.98. The van der Waals surface area contributed by atoms with E-state index in [0.29, 0.717) is 15.7 Å². The van der Waals surface area contributed by atoms with Crippen molar-refractivity contribution in [2.45, 2.75) is 13.0 Å². The SMILES string of the molecule is C[C@H](OC(=O)c1ccc[nH]1)C(=O)Nc1cc(Cl)cc(Cl)c1. The molecule has 0 fully saturated rings.